The van der Waals surface area contributed by atoms with Crippen molar-refractivity contribution in [2.24, 2.45) is 17.6 Å². The highest BCUT2D eigenvalue weighted by Gasteiger charge is 2.46. The van der Waals surface area contributed by atoms with Crippen molar-refractivity contribution in [2.75, 3.05) is 20.2 Å². The summed E-state index contributed by atoms with van der Waals surface area (Å²) in [6.45, 7) is 6.77. The minimum Gasteiger partial charge on any atom is -0.468 e. The van der Waals surface area contributed by atoms with Crippen LogP contribution >= 0.6 is 0 Å². The molecule has 2 saturated carbocycles. The van der Waals surface area contributed by atoms with E-state index in [1.165, 1.54) is 20.0 Å². The smallest absolute Gasteiger partial charge is 0.326 e. The Morgan fingerprint density at radius 1 is 1.40 bits per heavy atom. The van der Waals surface area contributed by atoms with Crippen molar-refractivity contribution >= 4 is 5.97 Å². The predicted octanol–water partition coefficient (Wildman–Crippen LogP) is 2.17. The molecule has 2 unspecified atom stereocenters. The van der Waals surface area contributed by atoms with Gasteiger partial charge >= 0.3 is 5.97 Å². The molecular formula is C16H30N2O2. The third-order valence-electron chi connectivity index (χ3n) is 4.86. The Bertz CT molecular complexity index is 341. The summed E-state index contributed by atoms with van der Waals surface area (Å²) in [4.78, 5) is 14.6. The number of carbonyl (C=O) groups is 1. The molecule has 0 aromatic rings. The van der Waals surface area contributed by atoms with Gasteiger partial charge in [-0.1, -0.05) is 20.3 Å². The van der Waals surface area contributed by atoms with E-state index in [1.807, 2.05) is 0 Å². The van der Waals surface area contributed by atoms with Gasteiger partial charge in [0, 0.05) is 12.6 Å². The number of methoxy groups -OCH3 is 1. The molecule has 0 spiro atoms. The van der Waals surface area contributed by atoms with Crippen molar-refractivity contribution in [2.45, 2.75) is 64.0 Å². The summed E-state index contributed by atoms with van der Waals surface area (Å²) < 4.78 is 4.92. The van der Waals surface area contributed by atoms with Gasteiger partial charge in [0.25, 0.3) is 0 Å². The highest BCUT2D eigenvalue weighted by molar-refractivity contribution is 5.81. The number of hydrogen-bond acceptors (Lipinski definition) is 4. The number of nitrogens with zero attached hydrogens (tertiary/aromatic N) is 1. The second-order valence-corrected chi connectivity index (χ2v) is 7.03. The van der Waals surface area contributed by atoms with E-state index >= 15 is 0 Å². The molecule has 4 nitrogen and oxygen atoms in total. The van der Waals surface area contributed by atoms with Gasteiger partial charge in [0.15, 0.2) is 0 Å². The highest BCUT2D eigenvalue weighted by atomic mass is 16.5. The molecular weight excluding hydrogens is 252 g/mol. The number of esters is 1. The van der Waals surface area contributed by atoms with Gasteiger partial charge in [-0.15, -0.1) is 0 Å². The van der Waals surface area contributed by atoms with Gasteiger partial charge in [0.2, 0.25) is 0 Å². The third kappa shape index (κ3) is 3.53. The fraction of sp³-hybridized carbons (Fsp3) is 0.938. The molecule has 0 heterocycles. The van der Waals surface area contributed by atoms with E-state index in [2.05, 4.69) is 18.7 Å². The standard InChI is InChI=1S/C16H30N2O2/c1-12(2)11-18(14-6-7-14)10-8-13-5-4-9-16(13,17)15(19)20-3/h12-14H,4-11,17H2,1-3H3. The molecule has 0 aromatic heterocycles. The van der Waals surface area contributed by atoms with Crippen LogP contribution in [-0.4, -0.2) is 42.6 Å². The molecule has 116 valence electrons. The molecule has 0 bridgehead atoms. The van der Waals surface area contributed by atoms with Crippen molar-refractivity contribution in [3.63, 3.8) is 0 Å². The first-order chi connectivity index (χ1) is 9.47. The number of hydrogen-bond donors (Lipinski definition) is 1. The largest absolute Gasteiger partial charge is 0.468 e. The van der Waals surface area contributed by atoms with E-state index in [9.17, 15) is 4.79 Å². The number of nitrogens with two attached hydrogens (primary N) is 1. The second-order valence-electron chi connectivity index (χ2n) is 7.03. The van der Waals surface area contributed by atoms with Crippen molar-refractivity contribution in [3.05, 3.63) is 0 Å². The normalized spacial score (nSPS) is 30.2. The Kier molecular flexibility index (Phi) is 5.08. The van der Waals surface area contributed by atoms with Crippen LogP contribution in [0.15, 0.2) is 0 Å². The summed E-state index contributed by atoms with van der Waals surface area (Å²) in [7, 11) is 1.45. The number of ether oxygens (including phenoxy) is 1. The lowest BCUT2D eigenvalue weighted by Gasteiger charge is -2.31. The van der Waals surface area contributed by atoms with E-state index in [4.69, 9.17) is 10.5 Å². The zero-order valence-corrected chi connectivity index (χ0v) is 13.2. The predicted molar refractivity (Wildman–Crippen MR) is 80.3 cm³/mol. The van der Waals surface area contributed by atoms with Gasteiger partial charge in [0.1, 0.15) is 5.54 Å². The molecule has 4 heteroatoms. The molecule has 2 atom stereocenters. The topological polar surface area (TPSA) is 55.6 Å². The number of carbonyl (C=O) groups excluding carboxylic acids is 1. The Hall–Kier alpha value is -0.610. The molecule has 0 radical (unpaired) electrons. The minimum absolute atomic E-state index is 0.221. The van der Waals surface area contributed by atoms with Crippen LogP contribution in [0.5, 0.6) is 0 Å². The van der Waals surface area contributed by atoms with Crippen molar-refractivity contribution in [1.29, 1.82) is 0 Å². The van der Waals surface area contributed by atoms with Gasteiger partial charge in [-0.3, -0.25) is 4.79 Å². The van der Waals surface area contributed by atoms with Crippen LogP contribution < -0.4 is 5.73 Å². The summed E-state index contributed by atoms with van der Waals surface area (Å²) in [6.07, 6.45) is 6.58. The van der Waals surface area contributed by atoms with Crippen LogP contribution in [0.1, 0.15) is 52.4 Å². The van der Waals surface area contributed by atoms with E-state index in [0.29, 0.717) is 5.92 Å². The zero-order valence-electron chi connectivity index (χ0n) is 13.2. The quantitative estimate of drug-likeness (QED) is 0.727. The Balaban J connectivity index is 1.89. The van der Waals surface area contributed by atoms with E-state index < -0.39 is 5.54 Å². The molecule has 2 N–H and O–H groups in total. The first kappa shape index (κ1) is 15.8. The lowest BCUT2D eigenvalue weighted by Crippen LogP contribution is -2.52. The minimum atomic E-state index is -0.734. The fourth-order valence-electron chi connectivity index (χ4n) is 3.62. The van der Waals surface area contributed by atoms with Crippen molar-refractivity contribution in [3.8, 4) is 0 Å². The monoisotopic (exact) mass is 282 g/mol. The molecule has 0 amide bonds. The lowest BCUT2D eigenvalue weighted by atomic mass is 9.85. The SMILES string of the molecule is COC(=O)C1(N)CCCC1CCN(CC(C)C)C1CC1. The van der Waals surface area contributed by atoms with Gasteiger partial charge < -0.3 is 15.4 Å². The summed E-state index contributed by atoms with van der Waals surface area (Å²) in [5, 5.41) is 0. The average Bonchev–Trinajstić information content (AvgIpc) is 3.18. The van der Waals surface area contributed by atoms with Gasteiger partial charge in [-0.25, -0.2) is 0 Å². The molecule has 0 saturated heterocycles. The Morgan fingerprint density at radius 3 is 2.65 bits per heavy atom. The Labute approximate surface area is 123 Å². The molecule has 0 aliphatic heterocycles. The first-order valence-corrected chi connectivity index (χ1v) is 8.08. The van der Waals surface area contributed by atoms with Crippen LogP contribution in [0.4, 0.5) is 0 Å². The molecule has 2 fully saturated rings. The highest BCUT2D eigenvalue weighted by Crippen LogP contribution is 2.38. The van der Waals surface area contributed by atoms with Crippen LogP contribution in [-0.2, 0) is 9.53 Å². The lowest BCUT2D eigenvalue weighted by molar-refractivity contribution is -0.148. The average molecular weight is 282 g/mol. The van der Waals surface area contributed by atoms with Gasteiger partial charge in [0.05, 0.1) is 7.11 Å². The van der Waals surface area contributed by atoms with E-state index in [0.717, 1.165) is 44.8 Å². The Morgan fingerprint density at radius 2 is 2.10 bits per heavy atom. The summed E-state index contributed by atoms with van der Waals surface area (Å²) >= 11 is 0. The molecule has 20 heavy (non-hydrogen) atoms. The van der Waals surface area contributed by atoms with Crippen LogP contribution in [0, 0.1) is 11.8 Å². The molecule has 2 aliphatic rings. The summed E-state index contributed by atoms with van der Waals surface area (Å²) in [5.74, 6) is 0.757. The maximum Gasteiger partial charge on any atom is 0.326 e. The third-order valence-corrected chi connectivity index (χ3v) is 4.86. The van der Waals surface area contributed by atoms with Crippen LogP contribution in [0.3, 0.4) is 0 Å². The molecule has 0 aromatic carbocycles. The van der Waals surface area contributed by atoms with Gasteiger partial charge in [-0.2, -0.15) is 0 Å². The first-order valence-electron chi connectivity index (χ1n) is 8.08. The molecule has 2 aliphatic carbocycles. The van der Waals surface area contributed by atoms with Crippen molar-refractivity contribution in [1.82, 2.24) is 4.90 Å². The zero-order chi connectivity index (χ0) is 14.8. The van der Waals surface area contributed by atoms with E-state index in [1.54, 1.807) is 0 Å². The van der Waals surface area contributed by atoms with Crippen molar-refractivity contribution < 1.29 is 9.53 Å². The summed E-state index contributed by atoms with van der Waals surface area (Å²) in [6, 6.07) is 0.782. The number of rotatable bonds is 7. The fourth-order valence-corrected chi connectivity index (χ4v) is 3.62. The summed E-state index contributed by atoms with van der Waals surface area (Å²) in [5.41, 5.74) is 5.61. The maximum atomic E-state index is 12.0. The van der Waals surface area contributed by atoms with Gasteiger partial charge in [-0.05, 0) is 50.5 Å². The van der Waals surface area contributed by atoms with E-state index in [-0.39, 0.29) is 11.9 Å². The second kappa shape index (κ2) is 6.44. The maximum absolute atomic E-state index is 12.0. The van der Waals surface area contributed by atoms with Crippen LogP contribution in [0.25, 0.3) is 0 Å². The van der Waals surface area contributed by atoms with Crippen LogP contribution in [0.2, 0.25) is 0 Å². The molecule has 2 rings (SSSR count).